The lowest BCUT2D eigenvalue weighted by Gasteiger charge is -2.16. The zero-order valence-corrected chi connectivity index (χ0v) is 12.9. The highest BCUT2D eigenvalue weighted by molar-refractivity contribution is 9.10. The van der Waals surface area contributed by atoms with Crippen LogP contribution in [0, 0.1) is 0 Å². The first-order valence-electron chi connectivity index (χ1n) is 6.17. The normalized spacial score (nSPS) is 10.3. The number of rotatable bonds is 4. The van der Waals surface area contributed by atoms with Crippen molar-refractivity contribution in [3.8, 4) is 11.3 Å². The topological polar surface area (TPSA) is 41.1 Å². The molecule has 0 aliphatic rings. The molecule has 1 N–H and O–H groups in total. The monoisotopic (exact) mass is 320 g/mol. The van der Waals surface area contributed by atoms with Gasteiger partial charge in [-0.15, -0.1) is 0 Å². The molecular weight excluding hydrogens is 304 g/mol. The summed E-state index contributed by atoms with van der Waals surface area (Å²) < 4.78 is 0.895. The van der Waals surface area contributed by atoms with Crippen LogP contribution >= 0.6 is 15.9 Å². The highest BCUT2D eigenvalue weighted by Crippen LogP contribution is 2.32. The molecule has 1 aromatic heterocycles. The van der Waals surface area contributed by atoms with Crippen molar-refractivity contribution in [1.29, 1.82) is 0 Å². The number of nitrogens with one attached hydrogen (secondary N) is 1. The van der Waals surface area contributed by atoms with Gasteiger partial charge >= 0.3 is 0 Å². The van der Waals surface area contributed by atoms with Gasteiger partial charge in [-0.05, 0) is 22.9 Å². The molecule has 0 radical (unpaired) electrons. The van der Waals surface area contributed by atoms with Crippen LogP contribution in [-0.2, 0) is 0 Å². The van der Waals surface area contributed by atoms with Gasteiger partial charge in [0.15, 0.2) is 0 Å². The lowest BCUT2D eigenvalue weighted by Crippen LogP contribution is -2.15. The second-order valence-electron chi connectivity index (χ2n) is 4.33. The van der Waals surface area contributed by atoms with E-state index in [0.29, 0.717) is 5.95 Å². The van der Waals surface area contributed by atoms with E-state index < -0.39 is 0 Å². The maximum atomic E-state index is 4.61. The van der Waals surface area contributed by atoms with E-state index in [9.17, 15) is 0 Å². The maximum absolute atomic E-state index is 4.61. The summed E-state index contributed by atoms with van der Waals surface area (Å²) in [6.07, 6.45) is 0. The molecule has 0 bridgehead atoms. The SMILES string of the molecule is CCNc1nc(N(C)C)nc(-c2ccccc2)c1Br. The summed E-state index contributed by atoms with van der Waals surface area (Å²) in [5.74, 6) is 1.51. The first-order valence-corrected chi connectivity index (χ1v) is 6.97. The Hall–Kier alpha value is -1.62. The van der Waals surface area contributed by atoms with Crippen molar-refractivity contribution in [3.05, 3.63) is 34.8 Å². The van der Waals surface area contributed by atoms with E-state index in [0.717, 1.165) is 28.1 Å². The average molecular weight is 321 g/mol. The number of hydrogen-bond acceptors (Lipinski definition) is 4. The van der Waals surface area contributed by atoms with Crippen molar-refractivity contribution in [1.82, 2.24) is 9.97 Å². The highest BCUT2D eigenvalue weighted by atomic mass is 79.9. The third kappa shape index (κ3) is 3.04. The van der Waals surface area contributed by atoms with Crippen molar-refractivity contribution < 1.29 is 0 Å². The fraction of sp³-hybridized carbons (Fsp3) is 0.286. The summed E-state index contributed by atoms with van der Waals surface area (Å²) in [7, 11) is 3.88. The Morgan fingerprint density at radius 3 is 2.42 bits per heavy atom. The standard InChI is InChI=1S/C14H17BrN4/c1-4-16-13-11(15)12(10-8-6-5-7-9-10)17-14(18-13)19(2)3/h5-9H,4H2,1-3H3,(H,16,17,18). The van der Waals surface area contributed by atoms with E-state index in [-0.39, 0.29) is 0 Å². The predicted molar refractivity (Wildman–Crippen MR) is 83.7 cm³/mol. The quantitative estimate of drug-likeness (QED) is 0.937. The van der Waals surface area contributed by atoms with Gasteiger partial charge in [-0.1, -0.05) is 30.3 Å². The van der Waals surface area contributed by atoms with Crippen LogP contribution in [0.25, 0.3) is 11.3 Å². The average Bonchev–Trinajstić information content (AvgIpc) is 2.42. The van der Waals surface area contributed by atoms with E-state index in [1.165, 1.54) is 0 Å². The molecule has 2 aromatic rings. The minimum absolute atomic E-state index is 0.693. The van der Waals surface area contributed by atoms with E-state index in [4.69, 9.17) is 0 Å². The molecule has 4 nitrogen and oxygen atoms in total. The Morgan fingerprint density at radius 1 is 1.16 bits per heavy atom. The third-order valence-corrected chi connectivity index (χ3v) is 3.38. The van der Waals surface area contributed by atoms with Gasteiger partial charge in [0.2, 0.25) is 5.95 Å². The van der Waals surface area contributed by atoms with Crippen LogP contribution in [0.5, 0.6) is 0 Å². The van der Waals surface area contributed by atoms with Crippen LogP contribution in [0.1, 0.15) is 6.92 Å². The van der Waals surface area contributed by atoms with Gasteiger partial charge in [-0.2, -0.15) is 4.98 Å². The molecule has 0 unspecified atom stereocenters. The van der Waals surface area contributed by atoms with Gasteiger partial charge in [-0.3, -0.25) is 0 Å². The molecule has 5 heteroatoms. The Morgan fingerprint density at radius 2 is 1.84 bits per heavy atom. The van der Waals surface area contributed by atoms with Crippen LogP contribution in [0.15, 0.2) is 34.8 Å². The molecule has 19 heavy (non-hydrogen) atoms. The third-order valence-electron chi connectivity index (χ3n) is 2.63. The Labute approximate surface area is 122 Å². The minimum Gasteiger partial charge on any atom is -0.369 e. The zero-order chi connectivity index (χ0) is 13.8. The Balaban J connectivity index is 2.59. The lowest BCUT2D eigenvalue weighted by molar-refractivity contribution is 0.990. The largest absolute Gasteiger partial charge is 0.369 e. The fourth-order valence-corrected chi connectivity index (χ4v) is 2.25. The number of hydrogen-bond donors (Lipinski definition) is 1. The Bertz CT molecular complexity index is 555. The number of benzene rings is 1. The molecule has 0 atom stereocenters. The summed E-state index contributed by atoms with van der Waals surface area (Å²) in [6.45, 7) is 2.86. The van der Waals surface area contributed by atoms with Gasteiger partial charge in [0.05, 0.1) is 10.2 Å². The van der Waals surface area contributed by atoms with E-state index in [1.807, 2.05) is 56.3 Å². The smallest absolute Gasteiger partial charge is 0.227 e. The van der Waals surface area contributed by atoms with Crippen molar-refractivity contribution >= 4 is 27.7 Å². The molecule has 1 aromatic carbocycles. The van der Waals surface area contributed by atoms with Crippen molar-refractivity contribution in [2.24, 2.45) is 0 Å². The van der Waals surface area contributed by atoms with E-state index in [2.05, 4.69) is 31.2 Å². The first kappa shape index (κ1) is 13.8. The zero-order valence-electron chi connectivity index (χ0n) is 11.3. The number of halogens is 1. The van der Waals surface area contributed by atoms with Crippen LogP contribution in [0.4, 0.5) is 11.8 Å². The van der Waals surface area contributed by atoms with E-state index in [1.54, 1.807) is 0 Å². The summed E-state index contributed by atoms with van der Waals surface area (Å²) in [5, 5.41) is 3.26. The van der Waals surface area contributed by atoms with Gasteiger partial charge in [0, 0.05) is 26.2 Å². The second-order valence-corrected chi connectivity index (χ2v) is 5.12. The molecule has 0 aliphatic carbocycles. The molecule has 0 spiro atoms. The van der Waals surface area contributed by atoms with Gasteiger partial charge in [-0.25, -0.2) is 4.98 Å². The molecule has 0 fully saturated rings. The molecule has 0 saturated heterocycles. The summed E-state index contributed by atoms with van der Waals surface area (Å²) in [5.41, 5.74) is 1.97. The van der Waals surface area contributed by atoms with Crippen LogP contribution < -0.4 is 10.2 Å². The van der Waals surface area contributed by atoms with Crippen LogP contribution in [0.3, 0.4) is 0 Å². The Kier molecular flexibility index (Phi) is 4.37. The summed E-state index contributed by atoms with van der Waals surface area (Å²) in [4.78, 5) is 11.0. The molecule has 0 saturated carbocycles. The number of anilines is 2. The summed E-state index contributed by atoms with van der Waals surface area (Å²) in [6, 6.07) is 10.1. The molecule has 0 amide bonds. The number of nitrogens with zero attached hydrogens (tertiary/aromatic N) is 3. The van der Waals surface area contributed by atoms with Crippen molar-refractivity contribution in [3.63, 3.8) is 0 Å². The highest BCUT2D eigenvalue weighted by Gasteiger charge is 2.14. The van der Waals surface area contributed by atoms with Crippen LogP contribution in [-0.4, -0.2) is 30.6 Å². The second kappa shape index (κ2) is 6.02. The van der Waals surface area contributed by atoms with Gasteiger partial charge in [0.25, 0.3) is 0 Å². The molecular formula is C14H17BrN4. The lowest BCUT2D eigenvalue weighted by atomic mass is 10.1. The van der Waals surface area contributed by atoms with Gasteiger partial charge < -0.3 is 10.2 Å². The van der Waals surface area contributed by atoms with Crippen LogP contribution in [0.2, 0.25) is 0 Å². The summed E-state index contributed by atoms with van der Waals surface area (Å²) >= 11 is 3.60. The fourth-order valence-electron chi connectivity index (χ4n) is 1.71. The maximum Gasteiger partial charge on any atom is 0.227 e. The van der Waals surface area contributed by atoms with E-state index >= 15 is 0 Å². The molecule has 2 rings (SSSR count). The van der Waals surface area contributed by atoms with Crippen molar-refractivity contribution in [2.75, 3.05) is 30.9 Å². The molecule has 100 valence electrons. The molecule has 1 heterocycles. The van der Waals surface area contributed by atoms with Crippen molar-refractivity contribution in [2.45, 2.75) is 6.92 Å². The first-order chi connectivity index (χ1) is 9.13. The number of aromatic nitrogens is 2. The van der Waals surface area contributed by atoms with Gasteiger partial charge in [0.1, 0.15) is 5.82 Å². The minimum atomic E-state index is 0.693. The predicted octanol–water partition coefficient (Wildman–Crippen LogP) is 3.40. The molecule has 0 aliphatic heterocycles.